The van der Waals surface area contributed by atoms with Gasteiger partial charge in [-0.05, 0) is 65.5 Å². The summed E-state index contributed by atoms with van der Waals surface area (Å²) in [6, 6.07) is 20.7. The second-order valence-corrected chi connectivity index (χ2v) is 9.82. The third kappa shape index (κ3) is 5.83. The summed E-state index contributed by atoms with van der Waals surface area (Å²) in [5, 5.41) is 4.20. The zero-order valence-electron chi connectivity index (χ0n) is 21.0. The van der Waals surface area contributed by atoms with Crippen LogP contribution in [0.5, 0.6) is 0 Å². The summed E-state index contributed by atoms with van der Waals surface area (Å²) in [6.07, 6.45) is 3.51. The Morgan fingerprint density at radius 3 is 2.44 bits per heavy atom. The molecule has 4 rings (SSSR count). The fourth-order valence-corrected chi connectivity index (χ4v) is 4.37. The van der Waals surface area contributed by atoms with Crippen LogP contribution in [0.25, 0.3) is 10.8 Å². The van der Waals surface area contributed by atoms with Crippen LogP contribution in [0.3, 0.4) is 0 Å². The van der Waals surface area contributed by atoms with Gasteiger partial charge in [0.05, 0.1) is 11.5 Å². The first-order valence-electron chi connectivity index (χ1n) is 11.9. The molecule has 0 aliphatic heterocycles. The maximum absolute atomic E-state index is 13.3. The zero-order valence-corrected chi connectivity index (χ0v) is 21.0. The van der Waals surface area contributed by atoms with E-state index in [-0.39, 0.29) is 18.5 Å². The number of amides is 1. The van der Waals surface area contributed by atoms with Gasteiger partial charge in [0.2, 0.25) is 5.91 Å². The van der Waals surface area contributed by atoms with E-state index in [9.17, 15) is 9.59 Å². The van der Waals surface area contributed by atoms with Gasteiger partial charge in [0.25, 0.3) is 0 Å². The second-order valence-electron chi connectivity index (χ2n) is 9.82. The monoisotopic (exact) mass is 477 g/mol. The van der Waals surface area contributed by atoms with Gasteiger partial charge in [-0.25, -0.2) is 4.79 Å². The molecule has 0 bridgehead atoms. The highest BCUT2D eigenvalue weighted by molar-refractivity contribution is 6.42. The quantitative estimate of drug-likeness (QED) is 0.316. The minimum atomic E-state index is -0.804. The number of benzene rings is 3. The predicted molar refractivity (Wildman–Crippen MR) is 149 cm³/mol. The van der Waals surface area contributed by atoms with Crippen molar-refractivity contribution in [1.82, 2.24) is 4.98 Å². The van der Waals surface area contributed by atoms with Crippen LogP contribution in [0.1, 0.15) is 38.5 Å². The van der Waals surface area contributed by atoms with E-state index in [1.54, 1.807) is 18.5 Å². The summed E-state index contributed by atoms with van der Waals surface area (Å²) in [4.78, 5) is 30.0. The number of anilines is 1. The lowest BCUT2D eigenvalue weighted by Gasteiger charge is -2.30. The van der Waals surface area contributed by atoms with Gasteiger partial charge < -0.3 is 15.8 Å². The summed E-state index contributed by atoms with van der Waals surface area (Å²) < 4.78 is 5.52. The first kappa shape index (κ1) is 25.2. The number of carbonyl (C=O) groups excluding carboxylic acids is 2. The molecule has 0 fully saturated rings. The summed E-state index contributed by atoms with van der Waals surface area (Å²) in [7, 11) is 3.67. The molecule has 0 radical (unpaired) electrons. The number of nitrogens with zero attached hydrogens (tertiary/aromatic N) is 1. The lowest BCUT2D eigenvalue weighted by Crippen LogP contribution is -2.51. The Hall–Kier alpha value is -3.90. The average molecular weight is 477 g/mol. The third-order valence-electron chi connectivity index (χ3n) is 6.20. The molecule has 1 amide bonds. The summed E-state index contributed by atoms with van der Waals surface area (Å²) >= 11 is 0. The third-order valence-corrected chi connectivity index (χ3v) is 6.20. The van der Waals surface area contributed by atoms with Crippen molar-refractivity contribution >= 4 is 44.0 Å². The number of rotatable bonds is 7. The molecule has 1 aromatic heterocycles. The smallest absolute Gasteiger partial charge is 0.338 e. The number of carbonyl (C=O) groups is 2. The molecule has 0 unspecified atom stereocenters. The Labute approximate surface area is 213 Å². The maximum atomic E-state index is 13.3. The highest BCUT2D eigenvalue weighted by atomic mass is 16.5. The number of fused-ring (bicyclic) bond motifs is 1. The van der Waals surface area contributed by atoms with Gasteiger partial charge in [-0.2, -0.15) is 0 Å². The first-order valence-corrected chi connectivity index (χ1v) is 11.9. The van der Waals surface area contributed by atoms with Crippen molar-refractivity contribution in [3.8, 4) is 0 Å². The molecule has 0 saturated heterocycles. The SMILES string of the molecule is BC(B)(N)[C@@H](C(=O)Nc1ccc2cnccc2c1)c1ccc(COC(=O)c2ccc(C)cc2C)cc1. The van der Waals surface area contributed by atoms with Gasteiger partial charge in [0.15, 0.2) is 0 Å². The Bertz CT molecular complexity index is 1420. The highest BCUT2D eigenvalue weighted by Gasteiger charge is 2.33. The standard InChI is InChI=1S/C28H29B2N3O3/c1-17-3-10-24(18(2)13-17)27(35)36-16-19-4-6-20(7-5-19)25(28(29,30)31)26(34)33-23-9-8-22-15-32-12-11-21(22)14-23/h3-15,25H,16,29-31H2,1-2H3,(H,33,34)/t25-/m1/s1. The Morgan fingerprint density at radius 2 is 1.75 bits per heavy atom. The molecule has 0 spiro atoms. The molecule has 0 aliphatic rings. The summed E-state index contributed by atoms with van der Waals surface area (Å²) in [5.41, 5.74) is 11.3. The fourth-order valence-electron chi connectivity index (χ4n) is 4.37. The average Bonchev–Trinajstić information content (AvgIpc) is 2.82. The van der Waals surface area contributed by atoms with E-state index in [0.717, 1.165) is 33.0 Å². The number of ether oxygens (including phenoxy) is 1. The molecule has 8 heteroatoms. The molecule has 1 heterocycles. The van der Waals surface area contributed by atoms with Crippen molar-refractivity contribution in [3.05, 3.63) is 107 Å². The molecule has 3 N–H and O–H groups in total. The van der Waals surface area contributed by atoms with Gasteiger partial charge in [-0.1, -0.05) is 48.0 Å². The van der Waals surface area contributed by atoms with Crippen molar-refractivity contribution in [3.63, 3.8) is 0 Å². The number of aryl methyl sites for hydroxylation is 2. The van der Waals surface area contributed by atoms with Crippen molar-refractivity contribution in [2.45, 2.75) is 31.7 Å². The lowest BCUT2D eigenvalue weighted by molar-refractivity contribution is -0.117. The van der Waals surface area contributed by atoms with Crippen LogP contribution in [0.2, 0.25) is 0 Å². The molecule has 180 valence electrons. The van der Waals surface area contributed by atoms with Gasteiger partial charge in [0, 0.05) is 23.5 Å². The minimum Gasteiger partial charge on any atom is -0.457 e. The Morgan fingerprint density at radius 1 is 1.00 bits per heavy atom. The van der Waals surface area contributed by atoms with Crippen LogP contribution in [0.15, 0.2) is 79.1 Å². The Balaban J connectivity index is 1.46. The number of pyridine rings is 1. The second kappa shape index (κ2) is 10.4. The van der Waals surface area contributed by atoms with Gasteiger partial charge in [-0.15, -0.1) is 0 Å². The zero-order chi connectivity index (χ0) is 25.9. The van der Waals surface area contributed by atoms with Crippen LogP contribution in [-0.4, -0.2) is 37.9 Å². The topological polar surface area (TPSA) is 94.3 Å². The molecule has 0 saturated carbocycles. The number of esters is 1. The van der Waals surface area contributed by atoms with Crippen LogP contribution < -0.4 is 11.1 Å². The molecule has 6 nitrogen and oxygen atoms in total. The predicted octanol–water partition coefficient (Wildman–Crippen LogP) is 2.81. The van der Waals surface area contributed by atoms with Gasteiger partial charge in [0.1, 0.15) is 22.3 Å². The number of nitrogens with two attached hydrogens (primary N) is 1. The molecular formula is C28H29B2N3O3. The fraction of sp³-hybridized carbons (Fsp3) is 0.179. The van der Waals surface area contributed by atoms with Gasteiger partial charge in [-0.3, -0.25) is 9.78 Å². The summed E-state index contributed by atoms with van der Waals surface area (Å²) in [6.45, 7) is 4.02. The van der Waals surface area contributed by atoms with Crippen LogP contribution in [0, 0.1) is 13.8 Å². The van der Waals surface area contributed by atoms with Crippen LogP contribution >= 0.6 is 0 Å². The van der Waals surface area contributed by atoms with Crippen molar-refractivity contribution in [2.75, 3.05) is 5.32 Å². The van der Waals surface area contributed by atoms with E-state index < -0.39 is 11.3 Å². The summed E-state index contributed by atoms with van der Waals surface area (Å²) in [5.74, 6) is -1.13. The van der Waals surface area contributed by atoms with E-state index >= 15 is 0 Å². The maximum Gasteiger partial charge on any atom is 0.338 e. The molecule has 36 heavy (non-hydrogen) atoms. The number of nitrogens with one attached hydrogen (secondary N) is 1. The van der Waals surface area contributed by atoms with Crippen molar-refractivity contribution in [1.29, 1.82) is 0 Å². The molecule has 3 aromatic carbocycles. The van der Waals surface area contributed by atoms with E-state index in [2.05, 4.69) is 10.3 Å². The molecule has 1 atom stereocenters. The van der Waals surface area contributed by atoms with Crippen molar-refractivity contribution < 1.29 is 14.3 Å². The van der Waals surface area contributed by atoms with Gasteiger partial charge >= 0.3 is 5.97 Å². The lowest BCUT2D eigenvalue weighted by atomic mass is 9.54. The van der Waals surface area contributed by atoms with E-state index in [0.29, 0.717) is 11.3 Å². The molecule has 0 aliphatic carbocycles. The molecule has 4 aromatic rings. The van der Waals surface area contributed by atoms with Crippen LogP contribution in [-0.2, 0) is 16.1 Å². The molecular weight excluding hydrogens is 448 g/mol. The van der Waals surface area contributed by atoms with E-state index in [1.165, 1.54) is 0 Å². The van der Waals surface area contributed by atoms with Crippen LogP contribution in [0.4, 0.5) is 5.69 Å². The first-order chi connectivity index (χ1) is 17.1. The normalized spacial score (nSPS) is 12.2. The van der Waals surface area contributed by atoms with E-state index in [4.69, 9.17) is 10.5 Å². The minimum absolute atomic E-state index is 0.140. The van der Waals surface area contributed by atoms with E-state index in [1.807, 2.05) is 90.2 Å². The van der Waals surface area contributed by atoms with Crippen molar-refractivity contribution in [2.24, 2.45) is 5.73 Å². The number of aromatic nitrogens is 1. The Kier molecular flexibility index (Phi) is 7.27. The largest absolute Gasteiger partial charge is 0.457 e. The number of hydrogen-bond acceptors (Lipinski definition) is 5. The highest BCUT2D eigenvalue weighted by Crippen LogP contribution is 2.27. The number of hydrogen-bond donors (Lipinski definition) is 2.